The highest BCUT2D eigenvalue weighted by molar-refractivity contribution is 6.28. The van der Waals surface area contributed by atoms with E-state index >= 15 is 0 Å². The van der Waals surface area contributed by atoms with Gasteiger partial charge in [-0.25, -0.2) is 4.79 Å². The van der Waals surface area contributed by atoms with Crippen LogP contribution in [-0.4, -0.2) is 35.3 Å². The molecule has 0 saturated carbocycles. The molecule has 16 heavy (non-hydrogen) atoms. The molecule has 0 aliphatic rings. The summed E-state index contributed by atoms with van der Waals surface area (Å²) in [6.45, 7) is 6.64. The lowest BCUT2D eigenvalue weighted by molar-refractivity contribution is -0.117. The summed E-state index contributed by atoms with van der Waals surface area (Å²) >= 11 is 5.32. The van der Waals surface area contributed by atoms with Crippen LogP contribution in [0.3, 0.4) is 0 Å². The van der Waals surface area contributed by atoms with Gasteiger partial charge >= 0.3 is 6.03 Å². The van der Waals surface area contributed by atoms with E-state index in [1.54, 1.807) is 4.90 Å². The Morgan fingerprint density at radius 3 is 2.38 bits per heavy atom. The smallest absolute Gasteiger partial charge is 0.322 e. The molecule has 94 valence electrons. The van der Waals surface area contributed by atoms with Crippen molar-refractivity contribution in [2.45, 2.75) is 46.1 Å². The molecule has 0 aromatic carbocycles. The van der Waals surface area contributed by atoms with Gasteiger partial charge in [-0.15, -0.1) is 11.6 Å². The fourth-order valence-electron chi connectivity index (χ4n) is 1.35. The summed E-state index contributed by atoms with van der Waals surface area (Å²) < 4.78 is 0. The summed E-state index contributed by atoms with van der Waals surface area (Å²) in [5.41, 5.74) is 0. The minimum absolute atomic E-state index is 0.0833. The largest absolute Gasteiger partial charge is 0.324 e. The summed E-state index contributed by atoms with van der Waals surface area (Å²) in [7, 11) is 0. The molecule has 0 aromatic heterocycles. The number of nitrogens with zero attached hydrogens (tertiary/aromatic N) is 1. The molecule has 0 radical (unpaired) electrons. The van der Waals surface area contributed by atoms with E-state index in [1.165, 1.54) is 0 Å². The summed E-state index contributed by atoms with van der Waals surface area (Å²) in [5.74, 6) is -0.639. The third-order valence-corrected chi connectivity index (χ3v) is 2.50. The molecule has 0 heterocycles. The Balaban J connectivity index is 4.18. The maximum Gasteiger partial charge on any atom is 0.324 e. The lowest BCUT2D eigenvalue weighted by Gasteiger charge is -2.26. The zero-order valence-corrected chi connectivity index (χ0v) is 11.0. The molecule has 0 fully saturated rings. The van der Waals surface area contributed by atoms with Gasteiger partial charge in [0.15, 0.2) is 0 Å². The van der Waals surface area contributed by atoms with Gasteiger partial charge in [0.05, 0.1) is 0 Å². The number of nitrogens with one attached hydrogen (secondary N) is 1. The molecule has 0 atom stereocenters. The first-order valence-corrected chi connectivity index (χ1v) is 6.22. The molecular weight excluding hydrogens is 228 g/mol. The summed E-state index contributed by atoms with van der Waals surface area (Å²) in [6.07, 6.45) is 3.14. The van der Waals surface area contributed by atoms with Crippen LogP contribution >= 0.6 is 11.6 Å². The highest BCUT2D eigenvalue weighted by Crippen LogP contribution is 2.03. The van der Waals surface area contributed by atoms with Crippen molar-refractivity contribution in [1.82, 2.24) is 10.2 Å². The van der Waals surface area contributed by atoms with Crippen molar-refractivity contribution in [2.75, 3.05) is 12.4 Å². The van der Waals surface area contributed by atoms with Gasteiger partial charge in [0.2, 0.25) is 5.91 Å². The predicted octanol–water partition coefficient (Wildman–Crippen LogP) is 2.36. The normalized spacial score (nSPS) is 10.3. The molecule has 0 spiro atoms. The van der Waals surface area contributed by atoms with Gasteiger partial charge in [0.1, 0.15) is 5.88 Å². The van der Waals surface area contributed by atoms with Crippen molar-refractivity contribution in [3.8, 4) is 0 Å². The van der Waals surface area contributed by atoms with E-state index in [2.05, 4.69) is 12.2 Å². The van der Waals surface area contributed by atoms with Gasteiger partial charge in [-0.1, -0.05) is 19.8 Å². The minimum Gasteiger partial charge on any atom is -0.322 e. The van der Waals surface area contributed by atoms with E-state index < -0.39 is 5.91 Å². The molecule has 0 saturated heterocycles. The molecule has 0 rings (SSSR count). The first kappa shape index (κ1) is 15.2. The molecule has 0 aliphatic heterocycles. The maximum absolute atomic E-state index is 11.7. The molecule has 1 N–H and O–H groups in total. The van der Waals surface area contributed by atoms with Crippen LogP contribution in [0.2, 0.25) is 0 Å². The van der Waals surface area contributed by atoms with Crippen molar-refractivity contribution in [2.24, 2.45) is 0 Å². The summed E-state index contributed by atoms with van der Waals surface area (Å²) in [5, 5.41) is 2.25. The van der Waals surface area contributed by atoms with E-state index in [0.717, 1.165) is 19.3 Å². The number of unbranched alkanes of at least 4 members (excludes halogenated alkanes) is 2. The van der Waals surface area contributed by atoms with Gasteiger partial charge < -0.3 is 4.90 Å². The zero-order valence-electron chi connectivity index (χ0n) is 10.3. The van der Waals surface area contributed by atoms with Crippen LogP contribution < -0.4 is 5.32 Å². The first-order valence-electron chi connectivity index (χ1n) is 5.69. The van der Waals surface area contributed by atoms with Crippen LogP contribution in [0.25, 0.3) is 0 Å². The molecule has 3 amide bonds. The van der Waals surface area contributed by atoms with Crippen LogP contribution in [0, 0.1) is 0 Å². The van der Waals surface area contributed by atoms with E-state index in [1.807, 2.05) is 13.8 Å². The van der Waals surface area contributed by atoms with E-state index in [4.69, 9.17) is 11.6 Å². The van der Waals surface area contributed by atoms with Gasteiger partial charge in [-0.2, -0.15) is 0 Å². The van der Waals surface area contributed by atoms with Crippen LogP contribution in [0.5, 0.6) is 0 Å². The van der Waals surface area contributed by atoms with Crippen LogP contribution in [0.1, 0.15) is 40.0 Å². The second kappa shape index (κ2) is 8.39. The van der Waals surface area contributed by atoms with Crippen molar-refractivity contribution >= 4 is 23.5 Å². The molecule has 0 bridgehead atoms. The van der Waals surface area contributed by atoms with Gasteiger partial charge in [-0.3, -0.25) is 10.1 Å². The molecule has 0 aliphatic carbocycles. The van der Waals surface area contributed by atoms with Crippen molar-refractivity contribution in [1.29, 1.82) is 0 Å². The standard InChI is InChI=1S/C11H21ClN2O2/c1-4-5-6-7-14(9(2)3)11(16)13-10(15)8-12/h9H,4-8H2,1-3H3,(H,13,15,16). The van der Waals surface area contributed by atoms with Crippen molar-refractivity contribution < 1.29 is 9.59 Å². The third kappa shape index (κ3) is 5.95. The first-order chi connectivity index (χ1) is 7.52. The van der Waals surface area contributed by atoms with Crippen LogP contribution in [0.15, 0.2) is 0 Å². The number of amides is 3. The lowest BCUT2D eigenvalue weighted by atomic mass is 10.2. The molecule has 5 heteroatoms. The Morgan fingerprint density at radius 2 is 1.94 bits per heavy atom. The number of hydrogen-bond acceptors (Lipinski definition) is 2. The molecule has 4 nitrogen and oxygen atoms in total. The second-order valence-electron chi connectivity index (χ2n) is 3.98. The second-order valence-corrected chi connectivity index (χ2v) is 4.25. The summed E-state index contributed by atoms with van der Waals surface area (Å²) in [4.78, 5) is 24.3. The number of urea groups is 1. The Bertz CT molecular complexity index is 232. The average molecular weight is 249 g/mol. The molecular formula is C11H21ClN2O2. The summed E-state index contributed by atoms with van der Waals surface area (Å²) in [6, 6.07) is -0.267. The number of rotatable bonds is 6. The number of carbonyl (C=O) groups is 2. The number of hydrogen-bond donors (Lipinski definition) is 1. The zero-order chi connectivity index (χ0) is 12.6. The van der Waals surface area contributed by atoms with Gasteiger partial charge in [-0.05, 0) is 20.3 Å². The number of halogens is 1. The monoisotopic (exact) mass is 248 g/mol. The van der Waals surface area contributed by atoms with E-state index in [9.17, 15) is 9.59 Å². The average Bonchev–Trinajstić information content (AvgIpc) is 2.23. The van der Waals surface area contributed by atoms with E-state index in [-0.39, 0.29) is 18.0 Å². The maximum atomic E-state index is 11.7. The SMILES string of the molecule is CCCCCN(C(=O)NC(=O)CCl)C(C)C. The molecule has 0 unspecified atom stereocenters. The predicted molar refractivity (Wildman–Crippen MR) is 65.6 cm³/mol. The fraction of sp³-hybridized carbons (Fsp3) is 0.818. The number of alkyl halides is 1. The van der Waals surface area contributed by atoms with Crippen molar-refractivity contribution in [3.05, 3.63) is 0 Å². The Morgan fingerprint density at radius 1 is 1.31 bits per heavy atom. The number of carbonyl (C=O) groups excluding carboxylic acids is 2. The van der Waals surface area contributed by atoms with Gasteiger partial charge in [0, 0.05) is 12.6 Å². The van der Waals surface area contributed by atoms with E-state index in [0.29, 0.717) is 6.54 Å². The van der Waals surface area contributed by atoms with Crippen LogP contribution in [-0.2, 0) is 4.79 Å². The lowest BCUT2D eigenvalue weighted by Crippen LogP contribution is -2.46. The quantitative estimate of drug-likeness (QED) is 0.580. The Hall–Kier alpha value is -0.770. The Kier molecular flexibility index (Phi) is 7.99. The topological polar surface area (TPSA) is 49.4 Å². The van der Waals surface area contributed by atoms with Crippen molar-refractivity contribution in [3.63, 3.8) is 0 Å². The minimum atomic E-state index is -0.451. The molecule has 0 aromatic rings. The highest BCUT2D eigenvalue weighted by Gasteiger charge is 2.17. The van der Waals surface area contributed by atoms with Gasteiger partial charge in [0.25, 0.3) is 0 Å². The fourth-order valence-corrected chi connectivity index (χ4v) is 1.42. The third-order valence-electron chi connectivity index (χ3n) is 2.25. The number of imide groups is 1. The highest BCUT2D eigenvalue weighted by atomic mass is 35.5. The van der Waals surface area contributed by atoms with Crippen LogP contribution in [0.4, 0.5) is 4.79 Å². The Labute approximate surface area is 102 Å².